The SMILES string of the molecule is CC=C1C2=C(c3cc(C(C)(C)C)ccc31)c1ccc3ccccc3c1C=CCC2. The molecule has 0 unspecified atom stereocenters. The van der Waals surface area contributed by atoms with Crippen molar-refractivity contribution >= 4 is 28.0 Å². The first-order chi connectivity index (χ1) is 14.0. The standard InChI is InChI=1S/C29H28/c1-5-21-24-17-15-20(29(2,3)4)18-27(24)28-25(21)13-9-8-12-23-22-11-7-6-10-19(22)14-16-26(23)28/h5-8,10-12,14-18H,9,13H2,1-4H3. The van der Waals surface area contributed by atoms with Gasteiger partial charge in [0, 0.05) is 0 Å². The molecule has 0 saturated heterocycles. The molecule has 3 aromatic carbocycles. The number of hydrogen-bond donors (Lipinski definition) is 0. The average molecular weight is 377 g/mol. The lowest BCUT2D eigenvalue weighted by molar-refractivity contribution is 0.590. The summed E-state index contributed by atoms with van der Waals surface area (Å²) in [5.41, 5.74) is 11.5. The number of benzene rings is 3. The molecule has 0 N–H and O–H groups in total. The molecule has 0 aromatic heterocycles. The van der Waals surface area contributed by atoms with Crippen molar-refractivity contribution in [3.63, 3.8) is 0 Å². The third-order valence-corrected chi connectivity index (χ3v) is 6.45. The highest BCUT2D eigenvalue weighted by atomic mass is 14.3. The van der Waals surface area contributed by atoms with Crippen molar-refractivity contribution in [1.82, 2.24) is 0 Å². The van der Waals surface area contributed by atoms with E-state index < -0.39 is 0 Å². The number of allylic oxidation sites excluding steroid dienone is 4. The van der Waals surface area contributed by atoms with E-state index in [1.165, 1.54) is 55.3 Å². The minimum atomic E-state index is 0.141. The molecular formula is C29H28. The van der Waals surface area contributed by atoms with Crippen LogP contribution in [0.4, 0.5) is 0 Å². The van der Waals surface area contributed by atoms with Crippen LogP contribution in [0.15, 0.2) is 72.3 Å². The lowest BCUT2D eigenvalue weighted by atomic mass is 9.83. The minimum absolute atomic E-state index is 0.141. The molecule has 0 fully saturated rings. The number of hydrogen-bond acceptors (Lipinski definition) is 0. The Kier molecular flexibility index (Phi) is 4.13. The maximum Gasteiger partial charge on any atom is -0.00606 e. The first-order valence-electron chi connectivity index (χ1n) is 10.7. The molecule has 0 heterocycles. The summed E-state index contributed by atoms with van der Waals surface area (Å²) in [7, 11) is 0. The van der Waals surface area contributed by atoms with Crippen LogP contribution in [-0.4, -0.2) is 0 Å². The second kappa shape index (κ2) is 6.59. The average Bonchev–Trinajstić information content (AvgIpc) is 3.00. The third-order valence-electron chi connectivity index (χ3n) is 6.45. The van der Waals surface area contributed by atoms with Gasteiger partial charge >= 0.3 is 0 Å². The number of fused-ring (bicyclic) bond motifs is 6. The molecule has 0 bridgehead atoms. The van der Waals surface area contributed by atoms with Gasteiger partial charge in [-0.05, 0) is 86.6 Å². The van der Waals surface area contributed by atoms with Gasteiger partial charge in [0.05, 0.1) is 0 Å². The Bertz CT molecular complexity index is 1220. The predicted molar refractivity (Wildman–Crippen MR) is 127 cm³/mol. The van der Waals surface area contributed by atoms with Gasteiger partial charge in [0.15, 0.2) is 0 Å². The van der Waals surface area contributed by atoms with Crippen LogP contribution >= 0.6 is 0 Å². The van der Waals surface area contributed by atoms with Crippen LogP contribution in [-0.2, 0) is 5.41 Å². The molecule has 0 atom stereocenters. The van der Waals surface area contributed by atoms with Gasteiger partial charge in [-0.25, -0.2) is 0 Å². The highest BCUT2D eigenvalue weighted by Gasteiger charge is 2.30. The monoisotopic (exact) mass is 376 g/mol. The molecule has 0 aliphatic heterocycles. The molecule has 2 aliphatic rings. The summed E-state index contributed by atoms with van der Waals surface area (Å²) < 4.78 is 0. The van der Waals surface area contributed by atoms with E-state index >= 15 is 0 Å². The fourth-order valence-electron chi connectivity index (χ4n) is 4.93. The van der Waals surface area contributed by atoms with Crippen LogP contribution in [0, 0.1) is 0 Å². The Balaban J connectivity index is 1.86. The molecule has 0 radical (unpaired) electrons. The highest BCUT2D eigenvalue weighted by molar-refractivity contribution is 6.08. The quantitative estimate of drug-likeness (QED) is 0.371. The molecule has 5 rings (SSSR count). The van der Waals surface area contributed by atoms with Gasteiger partial charge < -0.3 is 0 Å². The lowest BCUT2D eigenvalue weighted by Crippen LogP contribution is -2.11. The third kappa shape index (κ3) is 2.82. The molecule has 0 amide bonds. The molecular weight excluding hydrogens is 348 g/mol. The normalized spacial score (nSPS) is 17.2. The molecule has 0 nitrogen and oxygen atoms in total. The van der Waals surface area contributed by atoms with Crippen LogP contribution in [0.2, 0.25) is 0 Å². The summed E-state index contributed by atoms with van der Waals surface area (Å²) >= 11 is 0. The van der Waals surface area contributed by atoms with Gasteiger partial charge in [-0.1, -0.05) is 87.5 Å². The van der Waals surface area contributed by atoms with Gasteiger partial charge in [0.2, 0.25) is 0 Å². The summed E-state index contributed by atoms with van der Waals surface area (Å²) in [4.78, 5) is 0. The van der Waals surface area contributed by atoms with Gasteiger partial charge in [-0.2, -0.15) is 0 Å². The molecule has 144 valence electrons. The topological polar surface area (TPSA) is 0 Å². The van der Waals surface area contributed by atoms with Crippen molar-refractivity contribution in [2.75, 3.05) is 0 Å². The van der Waals surface area contributed by atoms with Crippen LogP contribution in [0.3, 0.4) is 0 Å². The van der Waals surface area contributed by atoms with Crippen LogP contribution in [0.1, 0.15) is 68.4 Å². The van der Waals surface area contributed by atoms with E-state index in [4.69, 9.17) is 0 Å². The Hall–Kier alpha value is -2.86. The minimum Gasteiger partial charge on any atom is -0.0836 e. The van der Waals surface area contributed by atoms with Crippen molar-refractivity contribution in [3.05, 3.63) is 100 Å². The molecule has 29 heavy (non-hydrogen) atoms. The maximum absolute atomic E-state index is 2.45. The number of rotatable bonds is 0. The smallest absolute Gasteiger partial charge is 0.00606 e. The van der Waals surface area contributed by atoms with E-state index in [2.05, 4.69) is 101 Å². The van der Waals surface area contributed by atoms with E-state index in [1.54, 1.807) is 0 Å². The van der Waals surface area contributed by atoms with E-state index in [-0.39, 0.29) is 5.41 Å². The molecule has 3 aromatic rings. The maximum atomic E-state index is 2.45. The first kappa shape index (κ1) is 18.2. The van der Waals surface area contributed by atoms with Crippen molar-refractivity contribution in [1.29, 1.82) is 0 Å². The second-order valence-electron chi connectivity index (χ2n) is 9.26. The fourth-order valence-corrected chi connectivity index (χ4v) is 4.93. The Morgan fingerprint density at radius 2 is 1.66 bits per heavy atom. The van der Waals surface area contributed by atoms with Crippen LogP contribution in [0.25, 0.3) is 28.0 Å². The summed E-state index contributed by atoms with van der Waals surface area (Å²) in [6.07, 6.45) is 9.19. The first-order valence-corrected chi connectivity index (χ1v) is 10.7. The van der Waals surface area contributed by atoms with Crippen molar-refractivity contribution < 1.29 is 0 Å². The van der Waals surface area contributed by atoms with Crippen molar-refractivity contribution in [3.8, 4) is 0 Å². The zero-order valence-corrected chi connectivity index (χ0v) is 17.8. The summed E-state index contributed by atoms with van der Waals surface area (Å²) in [5, 5.41) is 2.66. The zero-order chi connectivity index (χ0) is 20.2. The summed E-state index contributed by atoms with van der Waals surface area (Å²) in [6.45, 7) is 9.09. The Labute approximate surface area is 174 Å². The van der Waals surface area contributed by atoms with Crippen molar-refractivity contribution in [2.24, 2.45) is 0 Å². The largest absolute Gasteiger partial charge is 0.0836 e. The summed E-state index contributed by atoms with van der Waals surface area (Å²) in [5.74, 6) is 0. The van der Waals surface area contributed by atoms with Gasteiger partial charge in [-0.15, -0.1) is 0 Å². The Morgan fingerprint density at radius 1 is 0.862 bits per heavy atom. The van der Waals surface area contributed by atoms with Gasteiger partial charge in [0.1, 0.15) is 0 Å². The molecule has 0 saturated carbocycles. The predicted octanol–water partition coefficient (Wildman–Crippen LogP) is 8.16. The van der Waals surface area contributed by atoms with Gasteiger partial charge in [-0.3, -0.25) is 0 Å². The highest BCUT2D eigenvalue weighted by Crippen LogP contribution is 2.49. The van der Waals surface area contributed by atoms with Crippen molar-refractivity contribution in [2.45, 2.75) is 46.0 Å². The molecule has 0 heteroatoms. The summed E-state index contributed by atoms with van der Waals surface area (Å²) in [6, 6.07) is 20.5. The lowest BCUT2D eigenvalue weighted by Gasteiger charge is -2.21. The second-order valence-corrected chi connectivity index (χ2v) is 9.26. The zero-order valence-electron chi connectivity index (χ0n) is 17.8. The van der Waals surface area contributed by atoms with E-state index in [1.807, 2.05) is 0 Å². The molecule has 2 aliphatic carbocycles. The molecule has 0 spiro atoms. The van der Waals surface area contributed by atoms with E-state index in [9.17, 15) is 0 Å². The Morgan fingerprint density at radius 3 is 2.45 bits per heavy atom. The fraction of sp³-hybridized carbons (Fsp3) is 0.241. The van der Waals surface area contributed by atoms with E-state index in [0.29, 0.717) is 0 Å². The van der Waals surface area contributed by atoms with Crippen LogP contribution < -0.4 is 0 Å². The van der Waals surface area contributed by atoms with Gasteiger partial charge in [0.25, 0.3) is 0 Å². The van der Waals surface area contributed by atoms with Crippen LogP contribution in [0.5, 0.6) is 0 Å². The van der Waals surface area contributed by atoms with E-state index in [0.717, 1.165) is 12.8 Å².